The van der Waals surface area contributed by atoms with Crippen LogP contribution in [0.3, 0.4) is 0 Å². The van der Waals surface area contributed by atoms with E-state index in [2.05, 4.69) is 449 Å². The average molecular weight is 1630 g/mol. The predicted octanol–water partition coefficient (Wildman–Crippen LogP) is 34.4. The van der Waals surface area contributed by atoms with E-state index in [-0.39, 0.29) is 5.41 Å². The molecule has 0 fully saturated rings. The van der Waals surface area contributed by atoms with Crippen molar-refractivity contribution < 1.29 is 4.39 Å². The summed E-state index contributed by atoms with van der Waals surface area (Å²) < 4.78 is 17.0. The van der Waals surface area contributed by atoms with Gasteiger partial charge in [-0.25, -0.2) is 4.39 Å². The summed E-state index contributed by atoms with van der Waals surface area (Å²) in [5.41, 5.74) is 30.4. The van der Waals surface area contributed by atoms with Crippen molar-refractivity contribution in [1.82, 2.24) is 0 Å². The molecule has 0 heterocycles. The number of fused-ring (bicyclic) bond motifs is 6. The molecular weight excluding hydrogens is 1550 g/mol. The first kappa shape index (κ1) is 74.7. The Morgan fingerprint density at radius 2 is 0.516 bits per heavy atom. The molecule has 0 spiro atoms. The van der Waals surface area contributed by atoms with Crippen molar-refractivity contribution in [1.29, 1.82) is 0 Å². The predicted molar refractivity (Wildman–Crippen MR) is 540 cm³/mol. The summed E-state index contributed by atoms with van der Waals surface area (Å²) in [6, 6.07) is 166. The molecule has 2 heteroatoms. The van der Waals surface area contributed by atoms with Crippen LogP contribution >= 0.6 is 0 Å². The Hall–Kier alpha value is -15.9. The van der Waals surface area contributed by atoms with Crippen LogP contribution in [-0.2, 0) is 16.5 Å². The van der Waals surface area contributed by atoms with Crippen LogP contribution in [0.15, 0.2) is 455 Å². The molecule has 128 heavy (non-hydrogen) atoms. The van der Waals surface area contributed by atoms with E-state index in [0.29, 0.717) is 0 Å². The molecule has 0 radical (unpaired) electrons. The van der Waals surface area contributed by atoms with Crippen molar-refractivity contribution in [3.63, 3.8) is 0 Å². The first-order valence-corrected chi connectivity index (χ1v) is 44.7. The highest BCUT2D eigenvalue weighted by Crippen LogP contribution is 2.61. The Kier molecular flexibility index (Phi) is 17.0. The summed E-state index contributed by atoms with van der Waals surface area (Å²) in [6.45, 7) is 6.48. The molecule has 600 valence electrons. The molecule has 0 aliphatic heterocycles. The minimum Gasteiger partial charge on any atom is -0.311 e. The second kappa shape index (κ2) is 29.1. The SMILES string of the molecule is CC1(C)c2ccccc2-c2cc3ccc(-c4ccc(N(c5ccccc5)c5ccccc5)cc4)c4ccc5ccc1c2c5c34.CC1(F)c2ccccc2-c2cc3c(-c4ccccc4)ccc4ccc5c(-c6ccccc6)cc1c2c5c43.c1ccc(-c2cc(-c3ccccc3)c3cc4c5c(ccc6ccc2c3c65)C(c2ccccc2)(c2ccccc2)c2ccccc2-4)cc1. The number of nitrogens with zero attached hydrogens (tertiary/aromatic N) is 1. The van der Waals surface area contributed by atoms with E-state index in [0.717, 1.165) is 61.2 Å². The van der Waals surface area contributed by atoms with Crippen molar-refractivity contribution in [2.45, 2.75) is 37.3 Å². The zero-order valence-corrected chi connectivity index (χ0v) is 71.1. The smallest absolute Gasteiger partial charge is 0.159 e. The molecule has 24 aromatic rings. The van der Waals surface area contributed by atoms with Gasteiger partial charge in [0.15, 0.2) is 5.67 Å². The molecule has 3 aliphatic rings. The van der Waals surface area contributed by atoms with Crippen LogP contribution < -0.4 is 4.90 Å². The fraction of sp³-hybridized carbons (Fsp3) is 0.0476. The van der Waals surface area contributed by atoms with Crippen LogP contribution in [0.1, 0.15) is 65.3 Å². The highest BCUT2D eigenvalue weighted by molar-refractivity contribution is 6.35. The third kappa shape index (κ3) is 11.2. The fourth-order valence-electron chi connectivity index (χ4n) is 22.9. The van der Waals surface area contributed by atoms with Gasteiger partial charge < -0.3 is 4.90 Å². The number of benzene rings is 24. The van der Waals surface area contributed by atoms with Crippen molar-refractivity contribution in [3.8, 4) is 89.0 Å². The molecule has 0 aromatic heterocycles. The van der Waals surface area contributed by atoms with E-state index in [1.165, 1.54) is 186 Å². The Morgan fingerprint density at radius 3 is 1.06 bits per heavy atom. The third-order valence-electron chi connectivity index (χ3n) is 28.6. The summed E-state index contributed by atoms with van der Waals surface area (Å²) in [7, 11) is 0. The lowest BCUT2D eigenvalue weighted by molar-refractivity contribution is 0.253. The quantitative estimate of drug-likeness (QED) is 0.123. The van der Waals surface area contributed by atoms with E-state index in [1.807, 2.05) is 24.3 Å². The molecule has 3 aliphatic carbocycles. The Balaban J connectivity index is 0.000000105. The average Bonchev–Trinajstić information content (AvgIpc) is 0.681. The highest BCUT2D eigenvalue weighted by Gasteiger charge is 2.46. The van der Waals surface area contributed by atoms with Crippen molar-refractivity contribution >= 4 is 114 Å². The van der Waals surface area contributed by atoms with Gasteiger partial charge in [0.05, 0.1) is 5.41 Å². The normalized spacial score (nSPS) is 14.2. The van der Waals surface area contributed by atoms with E-state index in [4.69, 9.17) is 0 Å². The van der Waals surface area contributed by atoms with E-state index in [1.54, 1.807) is 6.92 Å². The number of para-hydroxylation sites is 2. The molecule has 24 aromatic carbocycles. The number of rotatable bonds is 10. The summed E-state index contributed by atoms with van der Waals surface area (Å²) in [4.78, 5) is 2.31. The van der Waals surface area contributed by atoms with Crippen LogP contribution in [0.25, 0.3) is 186 Å². The molecule has 27 rings (SSSR count). The molecular formula is C126H84FN. The number of hydrogen-bond donors (Lipinski definition) is 0. The number of halogens is 1. The lowest BCUT2D eigenvalue weighted by Crippen LogP contribution is -2.33. The summed E-state index contributed by atoms with van der Waals surface area (Å²) in [5, 5.41) is 23.0. The van der Waals surface area contributed by atoms with Gasteiger partial charge in [0.2, 0.25) is 0 Å². The van der Waals surface area contributed by atoms with Crippen LogP contribution in [-0.4, -0.2) is 0 Å². The number of alkyl halides is 1. The first-order valence-electron chi connectivity index (χ1n) is 44.7. The van der Waals surface area contributed by atoms with Gasteiger partial charge in [0.1, 0.15) is 0 Å². The van der Waals surface area contributed by atoms with Crippen molar-refractivity contribution in [3.05, 3.63) is 499 Å². The van der Waals surface area contributed by atoms with Gasteiger partial charge in [-0.1, -0.05) is 402 Å². The van der Waals surface area contributed by atoms with Crippen LogP contribution in [0.2, 0.25) is 0 Å². The van der Waals surface area contributed by atoms with Crippen molar-refractivity contribution in [2.75, 3.05) is 4.90 Å². The first-order chi connectivity index (χ1) is 63.1. The van der Waals surface area contributed by atoms with Gasteiger partial charge in [-0.15, -0.1) is 0 Å². The summed E-state index contributed by atoms with van der Waals surface area (Å²) in [6.07, 6.45) is 0. The van der Waals surface area contributed by atoms with E-state index < -0.39 is 11.1 Å². The van der Waals surface area contributed by atoms with Gasteiger partial charge in [-0.2, -0.15) is 0 Å². The Labute approximate surface area is 743 Å². The van der Waals surface area contributed by atoms with Crippen molar-refractivity contribution in [2.24, 2.45) is 0 Å². The molecule has 0 amide bonds. The Bertz CT molecular complexity index is 8400. The monoisotopic (exact) mass is 1630 g/mol. The number of hydrogen-bond acceptors (Lipinski definition) is 1. The van der Waals surface area contributed by atoms with Gasteiger partial charge >= 0.3 is 0 Å². The minimum atomic E-state index is -1.60. The second-order valence-corrected chi connectivity index (χ2v) is 35.6. The standard InChI is InChI=1S/C47H30.C43H31N.C36H23F/c1-5-15-31(16-6-1)38-29-39(32-17-7-2-8-18-32)41-30-40-36-23-13-14-24-42(36)47(34-19-9-3-10-20-34,35-21-11-4-12-22-35)43-28-26-33-25-27-37(38)45(41)44(33)46(40)43;1-43(2)38-16-10-9-15-35(38)37-27-30-20-24-34(36-25-19-29-21-26-39(43)42(37)41(29)40(30)36)28-17-22-33(23-18-28)44(31-11-5-3-6-12-31)32-13-7-4-8-14-32;1-36(37)31-15-9-8-14-26(31)30-20-29-25(22-10-4-2-5-11-22)18-16-24-17-19-27-28(23-12-6-3-7-13-23)21-32(36)34(30)35(27)33(24)29/h1-30H;3-27H,1-2H3;2-21H,1H3. The fourth-order valence-corrected chi connectivity index (χ4v) is 22.9. The minimum absolute atomic E-state index is 0.0616. The largest absolute Gasteiger partial charge is 0.311 e. The third-order valence-corrected chi connectivity index (χ3v) is 28.6. The second-order valence-electron chi connectivity index (χ2n) is 35.6. The maximum absolute atomic E-state index is 17.0. The molecule has 1 nitrogen and oxygen atoms in total. The summed E-state index contributed by atoms with van der Waals surface area (Å²) in [5.74, 6) is 0. The maximum atomic E-state index is 17.0. The molecule has 0 bridgehead atoms. The van der Waals surface area contributed by atoms with Crippen LogP contribution in [0, 0.1) is 0 Å². The Morgan fingerprint density at radius 1 is 0.180 bits per heavy atom. The zero-order valence-electron chi connectivity index (χ0n) is 71.1. The van der Waals surface area contributed by atoms with Crippen LogP contribution in [0.5, 0.6) is 0 Å². The van der Waals surface area contributed by atoms with Gasteiger partial charge in [-0.05, 0) is 293 Å². The topological polar surface area (TPSA) is 3.24 Å². The number of anilines is 3. The van der Waals surface area contributed by atoms with E-state index >= 15 is 4.39 Å². The maximum Gasteiger partial charge on any atom is 0.159 e. The molecule has 0 N–H and O–H groups in total. The van der Waals surface area contributed by atoms with Gasteiger partial charge in [-0.3, -0.25) is 0 Å². The van der Waals surface area contributed by atoms with Gasteiger partial charge in [0.25, 0.3) is 0 Å². The lowest BCUT2D eigenvalue weighted by Gasteiger charge is -2.42. The highest BCUT2D eigenvalue weighted by atomic mass is 19.1. The molecule has 1 atom stereocenters. The molecule has 0 saturated heterocycles. The summed E-state index contributed by atoms with van der Waals surface area (Å²) >= 11 is 0. The molecule has 0 saturated carbocycles. The lowest BCUT2D eigenvalue weighted by atomic mass is 9.59. The van der Waals surface area contributed by atoms with E-state index in [9.17, 15) is 0 Å². The zero-order chi connectivity index (χ0) is 85.1. The van der Waals surface area contributed by atoms with Gasteiger partial charge in [0, 0.05) is 33.6 Å². The molecule has 1 unspecified atom stereocenters. The van der Waals surface area contributed by atoms with Crippen LogP contribution in [0.4, 0.5) is 21.5 Å².